The van der Waals surface area contributed by atoms with Crippen molar-refractivity contribution in [2.45, 2.75) is 38.4 Å². The lowest BCUT2D eigenvalue weighted by atomic mass is 10.3. The van der Waals surface area contributed by atoms with E-state index in [2.05, 4.69) is 5.32 Å². The summed E-state index contributed by atoms with van der Waals surface area (Å²) in [6.45, 7) is 2.20. The topological polar surface area (TPSA) is 50.4 Å². The summed E-state index contributed by atoms with van der Waals surface area (Å²) >= 11 is 0. The van der Waals surface area contributed by atoms with Crippen LogP contribution in [-0.4, -0.2) is 44.4 Å². The van der Waals surface area contributed by atoms with E-state index in [0.29, 0.717) is 13.2 Å². The fraction of sp³-hybridized carbons (Fsp3) is 0.917. The van der Waals surface area contributed by atoms with Gasteiger partial charge in [0.1, 0.15) is 6.54 Å². The maximum absolute atomic E-state index is 11.9. The Bertz CT molecular complexity index is 281. The number of carbonyl (C=O) groups excluding carboxylic acids is 1. The summed E-state index contributed by atoms with van der Waals surface area (Å²) in [5.74, 6) is 0.0799. The molecule has 0 aliphatic heterocycles. The van der Waals surface area contributed by atoms with Gasteiger partial charge in [0.15, 0.2) is 0 Å². The Labute approximate surface area is 111 Å². The Balaban J connectivity index is 1.96. The third kappa shape index (κ3) is 8.83. The average Bonchev–Trinajstić information content (AvgIpc) is 3.13. The molecule has 0 aromatic rings. The lowest BCUT2D eigenvalue weighted by Gasteiger charge is -2.15. The number of rotatable bonds is 9. The van der Waals surface area contributed by atoms with Gasteiger partial charge in [-0.1, -0.05) is 0 Å². The summed E-state index contributed by atoms with van der Waals surface area (Å²) in [5.41, 5.74) is 0. The van der Waals surface area contributed by atoms with E-state index < -0.39 is 24.7 Å². The quantitative estimate of drug-likeness (QED) is 0.630. The minimum absolute atomic E-state index is 0.547. The van der Waals surface area contributed by atoms with Crippen LogP contribution in [0.2, 0.25) is 0 Å². The van der Waals surface area contributed by atoms with Crippen LogP contribution in [-0.2, 0) is 9.53 Å². The fourth-order valence-electron chi connectivity index (χ4n) is 1.46. The Morgan fingerprint density at radius 3 is 2.68 bits per heavy atom. The van der Waals surface area contributed by atoms with E-state index >= 15 is 0 Å². The summed E-state index contributed by atoms with van der Waals surface area (Å²) in [6, 6.07) is -0.634. The maximum atomic E-state index is 11.9. The number of carbonyl (C=O) groups is 1. The Morgan fingerprint density at radius 1 is 1.42 bits per heavy atom. The molecule has 1 rings (SSSR count). The minimum atomic E-state index is -4.37. The standard InChI is InChI=1S/C12H21F3N2O2/c1-9(11(18)17-8-12(13,14)15)16-5-2-6-19-7-10-3-4-10/h9-10,16H,2-8H2,1H3,(H,17,18). The highest BCUT2D eigenvalue weighted by molar-refractivity contribution is 5.81. The first-order valence-electron chi connectivity index (χ1n) is 6.54. The molecule has 1 aliphatic carbocycles. The van der Waals surface area contributed by atoms with Gasteiger partial charge in [0.2, 0.25) is 5.91 Å². The zero-order valence-corrected chi connectivity index (χ0v) is 11.1. The molecule has 0 aromatic heterocycles. The Hall–Kier alpha value is -0.820. The third-order valence-corrected chi connectivity index (χ3v) is 2.82. The number of hydrogen-bond acceptors (Lipinski definition) is 3. The average molecular weight is 282 g/mol. The van der Waals surface area contributed by atoms with Crippen LogP contribution in [0.25, 0.3) is 0 Å². The molecule has 1 amide bonds. The molecular formula is C12H21F3N2O2. The first-order valence-corrected chi connectivity index (χ1v) is 6.54. The van der Waals surface area contributed by atoms with Gasteiger partial charge in [-0.3, -0.25) is 4.79 Å². The van der Waals surface area contributed by atoms with Crippen molar-refractivity contribution in [3.8, 4) is 0 Å². The third-order valence-electron chi connectivity index (χ3n) is 2.82. The van der Waals surface area contributed by atoms with Crippen molar-refractivity contribution >= 4 is 5.91 Å². The van der Waals surface area contributed by atoms with Crippen molar-refractivity contribution in [2.75, 3.05) is 26.3 Å². The molecule has 1 saturated carbocycles. The highest BCUT2D eigenvalue weighted by atomic mass is 19.4. The van der Waals surface area contributed by atoms with Crippen LogP contribution in [0.4, 0.5) is 13.2 Å². The molecule has 0 aromatic carbocycles. The van der Waals surface area contributed by atoms with E-state index in [1.165, 1.54) is 19.8 Å². The number of alkyl halides is 3. The molecule has 0 radical (unpaired) electrons. The van der Waals surface area contributed by atoms with Crippen molar-refractivity contribution in [2.24, 2.45) is 5.92 Å². The molecule has 1 aliphatic rings. The van der Waals surface area contributed by atoms with Crippen molar-refractivity contribution in [3.63, 3.8) is 0 Å². The van der Waals surface area contributed by atoms with Crippen molar-refractivity contribution < 1.29 is 22.7 Å². The molecule has 7 heteroatoms. The number of ether oxygens (including phenoxy) is 1. The fourth-order valence-corrected chi connectivity index (χ4v) is 1.46. The number of amides is 1. The van der Waals surface area contributed by atoms with Crippen molar-refractivity contribution in [1.29, 1.82) is 0 Å². The van der Waals surface area contributed by atoms with Crippen LogP contribution in [0.5, 0.6) is 0 Å². The SMILES string of the molecule is CC(NCCCOCC1CC1)C(=O)NCC(F)(F)F. The van der Waals surface area contributed by atoms with Crippen LogP contribution in [0.1, 0.15) is 26.2 Å². The lowest BCUT2D eigenvalue weighted by Crippen LogP contribution is -2.45. The van der Waals surface area contributed by atoms with Gasteiger partial charge in [-0.2, -0.15) is 13.2 Å². The molecule has 19 heavy (non-hydrogen) atoms. The number of halogens is 3. The first-order chi connectivity index (χ1) is 8.88. The van der Waals surface area contributed by atoms with Crippen molar-refractivity contribution in [3.05, 3.63) is 0 Å². The molecule has 0 bridgehead atoms. The zero-order chi connectivity index (χ0) is 14.3. The van der Waals surface area contributed by atoms with Crippen LogP contribution < -0.4 is 10.6 Å². The van der Waals surface area contributed by atoms with Gasteiger partial charge in [-0.25, -0.2) is 0 Å². The second-order valence-corrected chi connectivity index (χ2v) is 4.88. The monoisotopic (exact) mass is 282 g/mol. The molecule has 0 heterocycles. The molecule has 112 valence electrons. The van der Waals surface area contributed by atoms with Gasteiger partial charge in [0.05, 0.1) is 6.04 Å². The molecule has 2 N–H and O–H groups in total. The van der Waals surface area contributed by atoms with Crippen LogP contribution >= 0.6 is 0 Å². The molecule has 0 spiro atoms. The van der Waals surface area contributed by atoms with E-state index in [0.717, 1.165) is 18.9 Å². The van der Waals surface area contributed by atoms with Crippen LogP contribution in [0.15, 0.2) is 0 Å². The largest absolute Gasteiger partial charge is 0.405 e. The van der Waals surface area contributed by atoms with Gasteiger partial charge in [0, 0.05) is 13.2 Å². The molecule has 1 fully saturated rings. The van der Waals surface area contributed by atoms with Crippen molar-refractivity contribution in [1.82, 2.24) is 10.6 Å². The molecule has 0 saturated heterocycles. The predicted octanol–water partition coefficient (Wildman–Crippen LogP) is 1.46. The summed E-state index contributed by atoms with van der Waals surface area (Å²) in [6.07, 6.45) is -1.14. The first kappa shape index (κ1) is 16.2. The lowest BCUT2D eigenvalue weighted by molar-refractivity contribution is -0.139. The highest BCUT2D eigenvalue weighted by Gasteiger charge is 2.28. The summed E-state index contributed by atoms with van der Waals surface area (Å²) in [4.78, 5) is 11.3. The van der Waals surface area contributed by atoms with Crippen LogP contribution in [0.3, 0.4) is 0 Å². The number of nitrogens with one attached hydrogen (secondary N) is 2. The normalized spacial score (nSPS) is 17.3. The maximum Gasteiger partial charge on any atom is 0.405 e. The minimum Gasteiger partial charge on any atom is -0.381 e. The second kappa shape index (κ2) is 7.69. The van der Waals surface area contributed by atoms with Gasteiger partial charge in [-0.05, 0) is 38.6 Å². The van der Waals surface area contributed by atoms with E-state index in [-0.39, 0.29) is 0 Å². The highest BCUT2D eigenvalue weighted by Crippen LogP contribution is 2.28. The molecule has 1 atom stereocenters. The summed E-state index contributed by atoms with van der Waals surface area (Å²) in [5, 5.41) is 4.70. The molecule has 4 nitrogen and oxygen atoms in total. The van der Waals surface area contributed by atoms with Gasteiger partial charge < -0.3 is 15.4 Å². The van der Waals surface area contributed by atoms with Crippen LogP contribution in [0, 0.1) is 5.92 Å². The summed E-state index contributed by atoms with van der Waals surface area (Å²) < 4.78 is 41.1. The molecule has 1 unspecified atom stereocenters. The second-order valence-electron chi connectivity index (χ2n) is 4.88. The Morgan fingerprint density at radius 2 is 2.11 bits per heavy atom. The summed E-state index contributed by atoms with van der Waals surface area (Å²) in [7, 11) is 0. The smallest absolute Gasteiger partial charge is 0.381 e. The van der Waals surface area contributed by atoms with Gasteiger partial charge >= 0.3 is 6.18 Å². The molecular weight excluding hydrogens is 261 g/mol. The predicted molar refractivity (Wildman–Crippen MR) is 64.7 cm³/mol. The number of hydrogen-bond donors (Lipinski definition) is 2. The van der Waals surface area contributed by atoms with E-state index in [1.807, 2.05) is 5.32 Å². The van der Waals surface area contributed by atoms with E-state index in [4.69, 9.17) is 4.74 Å². The van der Waals surface area contributed by atoms with Gasteiger partial charge in [-0.15, -0.1) is 0 Å². The van der Waals surface area contributed by atoms with Gasteiger partial charge in [0.25, 0.3) is 0 Å². The Kier molecular flexibility index (Phi) is 6.57. The van der Waals surface area contributed by atoms with E-state index in [1.54, 1.807) is 0 Å². The van der Waals surface area contributed by atoms with E-state index in [9.17, 15) is 18.0 Å². The zero-order valence-electron chi connectivity index (χ0n) is 11.1.